The van der Waals surface area contributed by atoms with Crippen LogP contribution in [-0.2, 0) is 10.0 Å². The molecule has 1 saturated carbocycles. The first-order valence-electron chi connectivity index (χ1n) is 6.53. The zero-order valence-electron chi connectivity index (χ0n) is 11.1. The van der Waals surface area contributed by atoms with Crippen LogP contribution in [0.5, 0.6) is 0 Å². The molecule has 21 heavy (non-hydrogen) atoms. The van der Waals surface area contributed by atoms with E-state index in [0.717, 1.165) is 31.4 Å². The molecule has 1 aliphatic carbocycles. The van der Waals surface area contributed by atoms with Crippen molar-refractivity contribution in [3.05, 3.63) is 28.5 Å². The fourth-order valence-corrected chi connectivity index (χ4v) is 3.63. The highest BCUT2D eigenvalue weighted by molar-refractivity contribution is 7.89. The molecule has 0 aromatic heterocycles. The molecular weight excluding hydrogens is 321 g/mol. The maximum atomic E-state index is 14.0. The number of carboxylic acids is 1. The Hall–Kier alpha value is -1.18. The second kappa shape index (κ2) is 6.29. The molecule has 0 aliphatic heterocycles. The number of carbonyl (C=O) groups is 1. The van der Waals surface area contributed by atoms with Crippen molar-refractivity contribution in [1.29, 1.82) is 0 Å². The van der Waals surface area contributed by atoms with Crippen LogP contribution in [0.15, 0.2) is 17.0 Å². The summed E-state index contributed by atoms with van der Waals surface area (Å²) in [5.74, 6) is -2.37. The van der Waals surface area contributed by atoms with E-state index in [1.165, 1.54) is 0 Å². The summed E-state index contributed by atoms with van der Waals surface area (Å²) in [4.78, 5) is 10.2. The number of hydrogen-bond acceptors (Lipinski definition) is 3. The van der Waals surface area contributed by atoms with Gasteiger partial charge in [0.1, 0.15) is 4.90 Å². The molecule has 0 heterocycles. The van der Waals surface area contributed by atoms with Crippen molar-refractivity contribution in [2.45, 2.75) is 30.6 Å². The molecule has 8 heteroatoms. The predicted octanol–water partition coefficient (Wildman–Crippen LogP) is 2.65. The van der Waals surface area contributed by atoms with E-state index >= 15 is 0 Å². The summed E-state index contributed by atoms with van der Waals surface area (Å²) in [5, 5.41) is 8.71. The third kappa shape index (κ3) is 3.72. The smallest absolute Gasteiger partial charge is 0.338 e. The third-order valence-electron chi connectivity index (χ3n) is 3.59. The van der Waals surface area contributed by atoms with E-state index in [0.29, 0.717) is 12.3 Å². The first kappa shape index (κ1) is 16.2. The van der Waals surface area contributed by atoms with Gasteiger partial charge in [0.05, 0.1) is 5.56 Å². The maximum Gasteiger partial charge on any atom is 0.338 e. The summed E-state index contributed by atoms with van der Waals surface area (Å²) >= 11 is 5.67. The van der Waals surface area contributed by atoms with Gasteiger partial charge in [-0.05, 0) is 24.5 Å². The fraction of sp³-hybridized carbons (Fsp3) is 0.462. The fourth-order valence-electron chi connectivity index (χ4n) is 2.17. The molecule has 0 bridgehead atoms. The zero-order valence-corrected chi connectivity index (χ0v) is 12.7. The Labute approximate surface area is 127 Å². The molecular formula is C13H15ClFNO4S. The van der Waals surface area contributed by atoms with Crippen molar-refractivity contribution in [1.82, 2.24) is 4.72 Å². The molecule has 0 spiro atoms. The van der Waals surface area contributed by atoms with Crippen molar-refractivity contribution >= 4 is 27.6 Å². The topological polar surface area (TPSA) is 83.5 Å². The Kier molecular flexibility index (Phi) is 4.85. The minimum absolute atomic E-state index is 0.145. The highest BCUT2D eigenvalue weighted by atomic mass is 35.5. The van der Waals surface area contributed by atoms with Gasteiger partial charge in [-0.15, -0.1) is 0 Å². The monoisotopic (exact) mass is 335 g/mol. The molecule has 0 saturated heterocycles. The lowest BCUT2D eigenvalue weighted by Gasteiger charge is -2.25. The largest absolute Gasteiger partial charge is 0.478 e. The quantitative estimate of drug-likeness (QED) is 0.837. The van der Waals surface area contributed by atoms with Crippen LogP contribution in [0, 0.1) is 11.7 Å². The van der Waals surface area contributed by atoms with Crippen LogP contribution in [0.3, 0.4) is 0 Å². The molecule has 5 nitrogen and oxygen atoms in total. The van der Waals surface area contributed by atoms with Gasteiger partial charge < -0.3 is 5.11 Å². The van der Waals surface area contributed by atoms with Gasteiger partial charge in [-0.25, -0.2) is 22.3 Å². The van der Waals surface area contributed by atoms with Gasteiger partial charge in [0.2, 0.25) is 10.0 Å². The molecule has 2 N–H and O–H groups in total. The van der Waals surface area contributed by atoms with Crippen LogP contribution in [0.25, 0.3) is 0 Å². The van der Waals surface area contributed by atoms with E-state index in [1.807, 2.05) is 0 Å². The molecule has 0 amide bonds. The van der Waals surface area contributed by atoms with Gasteiger partial charge in [0.25, 0.3) is 0 Å². The van der Waals surface area contributed by atoms with Crippen LogP contribution in [0.1, 0.15) is 36.0 Å². The SMILES string of the molecule is O=C(O)c1cc(Cl)cc(S(=O)(=O)NCCC2CCC2)c1F. The summed E-state index contributed by atoms with van der Waals surface area (Å²) in [6, 6.07) is 1.79. The average Bonchev–Trinajstić information content (AvgIpc) is 2.34. The standard InChI is InChI=1S/C13H15ClFNO4S/c14-9-6-10(13(17)18)12(15)11(7-9)21(19,20)16-5-4-8-2-1-3-8/h6-8,16H,1-5H2,(H,17,18). The van der Waals surface area contributed by atoms with E-state index in [9.17, 15) is 17.6 Å². The number of benzene rings is 1. The molecule has 1 fully saturated rings. The van der Waals surface area contributed by atoms with Gasteiger partial charge in [0.15, 0.2) is 5.82 Å². The lowest BCUT2D eigenvalue weighted by molar-refractivity contribution is 0.0691. The molecule has 1 aromatic carbocycles. The second-order valence-electron chi connectivity index (χ2n) is 5.05. The summed E-state index contributed by atoms with van der Waals surface area (Å²) < 4.78 is 40.4. The zero-order chi connectivity index (χ0) is 15.6. The van der Waals surface area contributed by atoms with E-state index in [-0.39, 0.29) is 11.6 Å². The summed E-state index contributed by atoms with van der Waals surface area (Å²) in [6.07, 6.45) is 4.00. The third-order valence-corrected chi connectivity index (χ3v) is 5.27. The van der Waals surface area contributed by atoms with E-state index in [2.05, 4.69) is 4.72 Å². The minimum atomic E-state index is -4.12. The van der Waals surface area contributed by atoms with Crippen molar-refractivity contribution < 1.29 is 22.7 Å². The Bertz CT molecular complexity index is 658. The van der Waals surface area contributed by atoms with Gasteiger partial charge in [-0.3, -0.25) is 0 Å². The minimum Gasteiger partial charge on any atom is -0.478 e. The van der Waals surface area contributed by atoms with Gasteiger partial charge in [0, 0.05) is 11.6 Å². The van der Waals surface area contributed by atoms with Gasteiger partial charge in [-0.2, -0.15) is 0 Å². The molecule has 1 aromatic rings. The molecule has 116 valence electrons. The summed E-state index contributed by atoms with van der Waals surface area (Å²) in [7, 11) is -4.12. The number of rotatable bonds is 6. The Balaban J connectivity index is 2.20. The Morgan fingerprint density at radius 1 is 1.43 bits per heavy atom. The number of hydrogen-bond donors (Lipinski definition) is 2. The molecule has 0 unspecified atom stereocenters. The second-order valence-corrected chi connectivity index (χ2v) is 7.23. The Morgan fingerprint density at radius 2 is 2.10 bits per heavy atom. The van der Waals surface area contributed by atoms with Crippen LogP contribution < -0.4 is 4.72 Å². The predicted molar refractivity (Wildman–Crippen MR) is 75.5 cm³/mol. The number of aromatic carboxylic acids is 1. The van der Waals surface area contributed by atoms with Crippen LogP contribution >= 0.6 is 11.6 Å². The van der Waals surface area contributed by atoms with Crippen molar-refractivity contribution in [3.8, 4) is 0 Å². The van der Waals surface area contributed by atoms with E-state index < -0.39 is 32.3 Å². The van der Waals surface area contributed by atoms with Gasteiger partial charge in [-0.1, -0.05) is 30.9 Å². The highest BCUT2D eigenvalue weighted by Crippen LogP contribution is 2.29. The van der Waals surface area contributed by atoms with Crippen molar-refractivity contribution in [2.24, 2.45) is 5.92 Å². The van der Waals surface area contributed by atoms with Crippen molar-refractivity contribution in [3.63, 3.8) is 0 Å². The number of halogens is 2. The number of nitrogens with one attached hydrogen (secondary N) is 1. The lowest BCUT2D eigenvalue weighted by atomic mass is 9.83. The highest BCUT2D eigenvalue weighted by Gasteiger charge is 2.25. The molecule has 0 radical (unpaired) electrons. The lowest BCUT2D eigenvalue weighted by Crippen LogP contribution is -2.28. The van der Waals surface area contributed by atoms with Crippen LogP contribution in [0.4, 0.5) is 4.39 Å². The summed E-state index contributed by atoms with van der Waals surface area (Å²) in [6.45, 7) is 0.196. The molecule has 2 rings (SSSR count). The van der Waals surface area contributed by atoms with Crippen molar-refractivity contribution in [2.75, 3.05) is 6.54 Å². The van der Waals surface area contributed by atoms with E-state index in [1.54, 1.807) is 0 Å². The normalized spacial score (nSPS) is 15.7. The first-order valence-corrected chi connectivity index (χ1v) is 8.39. The average molecular weight is 336 g/mol. The number of sulfonamides is 1. The van der Waals surface area contributed by atoms with Gasteiger partial charge >= 0.3 is 5.97 Å². The maximum absolute atomic E-state index is 14.0. The molecule has 1 aliphatic rings. The van der Waals surface area contributed by atoms with Crippen LogP contribution in [-0.4, -0.2) is 26.0 Å². The number of carboxylic acid groups (broad SMARTS) is 1. The Morgan fingerprint density at radius 3 is 2.62 bits per heavy atom. The van der Waals surface area contributed by atoms with Crippen LogP contribution in [0.2, 0.25) is 5.02 Å². The molecule has 0 atom stereocenters. The van der Waals surface area contributed by atoms with E-state index in [4.69, 9.17) is 16.7 Å². The summed E-state index contributed by atoms with van der Waals surface area (Å²) in [5.41, 5.74) is -0.762. The first-order chi connectivity index (χ1) is 9.81.